The number of aromatic nitrogens is 1. The van der Waals surface area contributed by atoms with Crippen LogP contribution in [0.25, 0.3) is 0 Å². The van der Waals surface area contributed by atoms with Gasteiger partial charge in [-0.25, -0.2) is 0 Å². The summed E-state index contributed by atoms with van der Waals surface area (Å²) in [6, 6.07) is 4.51. The lowest BCUT2D eigenvalue weighted by Gasteiger charge is -2.18. The number of nitrogens with zero attached hydrogens (tertiary/aromatic N) is 1. The molecule has 1 aromatic rings. The van der Waals surface area contributed by atoms with E-state index in [1.807, 2.05) is 19.1 Å². The van der Waals surface area contributed by atoms with Gasteiger partial charge < -0.3 is 15.4 Å². The van der Waals surface area contributed by atoms with Gasteiger partial charge in [-0.15, -0.1) is 0 Å². The minimum absolute atomic E-state index is 0.0548. The number of hydrogen-bond donors (Lipinski definition) is 2. The first-order valence-electron chi connectivity index (χ1n) is 7.62. The molecule has 1 aliphatic rings. The molecular formula is C16H25N3O2. The lowest BCUT2D eigenvalue weighted by molar-refractivity contribution is -0.127. The van der Waals surface area contributed by atoms with Gasteiger partial charge in [-0.05, 0) is 38.8 Å². The van der Waals surface area contributed by atoms with Crippen LogP contribution < -0.4 is 15.4 Å². The number of amides is 1. The number of aryl methyl sites for hydroxylation is 1. The van der Waals surface area contributed by atoms with Crippen molar-refractivity contribution in [3.8, 4) is 5.75 Å². The van der Waals surface area contributed by atoms with Crippen molar-refractivity contribution in [1.29, 1.82) is 0 Å². The second-order valence-electron chi connectivity index (χ2n) is 5.98. The Morgan fingerprint density at radius 3 is 2.71 bits per heavy atom. The maximum atomic E-state index is 12.0. The highest BCUT2D eigenvalue weighted by Gasteiger charge is 2.26. The van der Waals surface area contributed by atoms with Crippen molar-refractivity contribution in [2.75, 3.05) is 0 Å². The fourth-order valence-corrected chi connectivity index (χ4v) is 1.92. The molecular weight excluding hydrogens is 266 g/mol. The zero-order valence-corrected chi connectivity index (χ0v) is 13.3. The molecule has 5 nitrogen and oxygen atoms in total. The molecule has 1 heterocycles. The minimum Gasteiger partial charge on any atom is -0.479 e. The molecule has 0 aromatic carbocycles. The maximum Gasteiger partial charge on any atom is 0.260 e. The summed E-state index contributed by atoms with van der Waals surface area (Å²) in [4.78, 5) is 16.5. The van der Waals surface area contributed by atoms with Crippen molar-refractivity contribution in [3.05, 3.63) is 23.5 Å². The van der Waals surface area contributed by atoms with E-state index in [2.05, 4.69) is 29.5 Å². The van der Waals surface area contributed by atoms with Gasteiger partial charge >= 0.3 is 0 Å². The number of pyridine rings is 1. The Morgan fingerprint density at radius 1 is 1.38 bits per heavy atom. The highest BCUT2D eigenvalue weighted by Crippen LogP contribution is 2.21. The summed E-state index contributed by atoms with van der Waals surface area (Å²) in [7, 11) is 0. The van der Waals surface area contributed by atoms with Gasteiger partial charge in [-0.2, -0.15) is 0 Å². The van der Waals surface area contributed by atoms with E-state index in [0.717, 1.165) is 24.2 Å². The first-order valence-corrected chi connectivity index (χ1v) is 7.62. The molecule has 0 spiro atoms. The second kappa shape index (κ2) is 6.89. The van der Waals surface area contributed by atoms with Crippen molar-refractivity contribution in [1.82, 2.24) is 15.6 Å². The topological polar surface area (TPSA) is 63.2 Å². The molecule has 2 N–H and O–H groups in total. The van der Waals surface area contributed by atoms with Crippen LogP contribution in [0.2, 0.25) is 0 Å². The van der Waals surface area contributed by atoms with Crippen molar-refractivity contribution in [3.63, 3.8) is 0 Å². The fraction of sp³-hybridized carbons (Fsp3) is 0.625. The van der Waals surface area contributed by atoms with Crippen LogP contribution in [-0.2, 0) is 11.3 Å². The Bertz CT molecular complexity index is 498. The summed E-state index contributed by atoms with van der Waals surface area (Å²) in [5.41, 5.74) is 1.78. The van der Waals surface area contributed by atoms with E-state index in [9.17, 15) is 4.79 Å². The van der Waals surface area contributed by atoms with Crippen LogP contribution in [0.4, 0.5) is 0 Å². The third-order valence-electron chi connectivity index (χ3n) is 3.35. The van der Waals surface area contributed by atoms with E-state index in [0.29, 0.717) is 24.4 Å². The molecule has 1 fully saturated rings. The summed E-state index contributed by atoms with van der Waals surface area (Å²) in [5.74, 6) is 0.619. The van der Waals surface area contributed by atoms with Gasteiger partial charge in [0.1, 0.15) is 5.75 Å². The van der Waals surface area contributed by atoms with Gasteiger partial charge in [-0.3, -0.25) is 9.78 Å². The van der Waals surface area contributed by atoms with Gasteiger partial charge in [0.05, 0.1) is 5.69 Å². The van der Waals surface area contributed by atoms with Gasteiger partial charge in [0.25, 0.3) is 5.91 Å². The van der Waals surface area contributed by atoms with E-state index in [1.165, 1.54) is 0 Å². The average molecular weight is 291 g/mol. The Labute approximate surface area is 126 Å². The predicted octanol–water partition coefficient (Wildman–Crippen LogP) is 1.93. The molecule has 2 rings (SSSR count). The SMILES string of the molecule is Cc1ccc(OC(C)C(=O)NC2CC2)c(CNC(C)C)n1. The summed E-state index contributed by atoms with van der Waals surface area (Å²) < 4.78 is 5.81. The molecule has 1 atom stereocenters. The molecule has 1 aliphatic carbocycles. The van der Waals surface area contributed by atoms with Gasteiger partial charge in [0, 0.05) is 24.3 Å². The Balaban J connectivity index is 2.01. The maximum absolute atomic E-state index is 12.0. The van der Waals surface area contributed by atoms with E-state index < -0.39 is 6.10 Å². The number of hydrogen-bond acceptors (Lipinski definition) is 4. The van der Waals surface area contributed by atoms with Crippen LogP contribution in [-0.4, -0.2) is 29.1 Å². The third kappa shape index (κ3) is 5.01. The van der Waals surface area contributed by atoms with Crippen molar-refractivity contribution < 1.29 is 9.53 Å². The monoisotopic (exact) mass is 291 g/mol. The molecule has 0 aliphatic heterocycles. The number of ether oxygens (including phenoxy) is 1. The fourth-order valence-electron chi connectivity index (χ4n) is 1.92. The molecule has 1 saturated carbocycles. The molecule has 1 unspecified atom stereocenters. The summed E-state index contributed by atoms with van der Waals surface area (Å²) in [5, 5.41) is 6.29. The Morgan fingerprint density at radius 2 is 2.10 bits per heavy atom. The van der Waals surface area contributed by atoms with Crippen LogP contribution in [0, 0.1) is 6.92 Å². The van der Waals surface area contributed by atoms with Crippen LogP contribution in [0.15, 0.2) is 12.1 Å². The van der Waals surface area contributed by atoms with Gasteiger partial charge in [0.15, 0.2) is 6.10 Å². The van der Waals surface area contributed by atoms with Crippen LogP contribution >= 0.6 is 0 Å². The molecule has 1 aromatic heterocycles. The Hall–Kier alpha value is -1.62. The van der Waals surface area contributed by atoms with E-state index in [4.69, 9.17) is 4.74 Å². The molecule has 116 valence electrons. The quantitative estimate of drug-likeness (QED) is 0.806. The summed E-state index contributed by atoms with van der Waals surface area (Å²) in [6.45, 7) is 8.53. The molecule has 0 saturated heterocycles. The van der Waals surface area contributed by atoms with E-state index >= 15 is 0 Å². The number of carbonyl (C=O) groups excluding carboxylic acids is 1. The second-order valence-corrected chi connectivity index (χ2v) is 5.98. The minimum atomic E-state index is -0.507. The highest BCUT2D eigenvalue weighted by molar-refractivity contribution is 5.81. The van der Waals surface area contributed by atoms with Crippen molar-refractivity contribution >= 4 is 5.91 Å². The number of nitrogens with one attached hydrogen (secondary N) is 2. The first-order chi connectivity index (χ1) is 9.95. The van der Waals surface area contributed by atoms with Crippen molar-refractivity contribution in [2.24, 2.45) is 0 Å². The molecule has 0 radical (unpaired) electrons. The molecule has 0 bridgehead atoms. The Kier molecular flexibility index (Phi) is 5.17. The van der Waals surface area contributed by atoms with Gasteiger partial charge in [0.2, 0.25) is 0 Å². The highest BCUT2D eigenvalue weighted by atomic mass is 16.5. The molecule has 1 amide bonds. The zero-order chi connectivity index (χ0) is 15.4. The predicted molar refractivity (Wildman–Crippen MR) is 82.2 cm³/mol. The van der Waals surface area contributed by atoms with E-state index in [-0.39, 0.29) is 5.91 Å². The first kappa shape index (κ1) is 15.8. The normalized spacial score (nSPS) is 15.9. The van der Waals surface area contributed by atoms with Crippen LogP contribution in [0.1, 0.15) is 45.0 Å². The van der Waals surface area contributed by atoms with Gasteiger partial charge in [-0.1, -0.05) is 13.8 Å². The largest absolute Gasteiger partial charge is 0.479 e. The number of rotatable bonds is 7. The summed E-state index contributed by atoms with van der Waals surface area (Å²) in [6.07, 6.45) is 1.65. The molecule has 21 heavy (non-hydrogen) atoms. The van der Waals surface area contributed by atoms with E-state index in [1.54, 1.807) is 6.92 Å². The van der Waals surface area contributed by atoms with Crippen LogP contribution in [0.5, 0.6) is 5.75 Å². The smallest absolute Gasteiger partial charge is 0.260 e. The lowest BCUT2D eigenvalue weighted by atomic mass is 10.2. The number of carbonyl (C=O) groups is 1. The summed E-state index contributed by atoms with van der Waals surface area (Å²) >= 11 is 0. The molecule has 5 heteroatoms. The zero-order valence-electron chi connectivity index (χ0n) is 13.3. The third-order valence-corrected chi connectivity index (χ3v) is 3.35. The lowest BCUT2D eigenvalue weighted by Crippen LogP contribution is -2.37. The van der Waals surface area contributed by atoms with Crippen molar-refractivity contribution in [2.45, 2.75) is 65.3 Å². The standard InChI is InChI=1S/C16H25N3O2/c1-10(2)17-9-14-15(8-5-11(3)18-14)21-12(4)16(20)19-13-6-7-13/h5,8,10,12-13,17H,6-7,9H2,1-4H3,(H,19,20). The van der Waals surface area contributed by atoms with Crippen LogP contribution in [0.3, 0.4) is 0 Å². The average Bonchev–Trinajstić information content (AvgIpc) is 3.22.